The predicted molar refractivity (Wildman–Crippen MR) is 95.6 cm³/mol. The quantitative estimate of drug-likeness (QED) is 0.889. The summed E-state index contributed by atoms with van der Waals surface area (Å²) in [6.45, 7) is 0. The Labute approximate surface area is 138 Å². The molecule has 0 fully saturated rings. The third-order valence-electron chi connectivity index (χ3n) is 3.98. The second kappa shape index (κ2) is 7.18. The van der Waals surface area contributed by atoms with Gasteiger partial charge in [0.1, 0.15) is 0 Å². The van der Waals surface area contributed by atoms with E-state index in [1.54, 1.807) is 0 Å². The van der Waals surface area contributed by atoms with E-state index in [1.165, 1.54) is 0 Å². The van der Waals surface area contributed by atoms with Gasteiger partial charge in [-0.1, -0.05) is 24.3 Å². The molecule has 4 heteroatoms. The van der Waals surface area contributed by atoms with Crippen molar-refractivity contribution in [3.8, 4) is 0 Å². The summed E-state index contributed by atoms with van der Waals surface area (Å²) in [7, 11) is 7.88. The highest BCUT2D eigenvalue weighted by molar-refractivity contribution is 5.77. The Morgan fingerprint density at radius 3 is 2.09 bits per heavy atom. The summed E-state index contributed by atoms with van der Waals surface area (Å²) in [5.74, 6) is -1.34. The third kappa shape index (κ3) is 4.25. The summed E-state index contributed by atoms with van der Waals surface area (Å²) in [6.07, 6.45) is 0.486. The second-order valence-corrected chi connectivity index (χ2v) is 6.15. The third-order valence-corrected chi connectivity index (χ3v) is 3.98. The fourth-order valence-corrected chi connectivity index (χ4v) is 2.53. The summed E-state index contributed by atoms with van der Waals surface area (Å²) in [5, 5.41) is 9.64. The molecule has 1 N–H and O–H groups in total. The van der Waals surface area contributed by atoms with Crippen LogP contribution in [0, 0.1) is 0 Å². The Bertz CT molecular complexity index is 663. The topological polar surface area (TPSA) is 43.8 Å². The van der Waals surface area contributed by atoms with Crippen LogP contribution < -0.4 is 9.80 Å². The second-order valence-electron chi connectivity index (χ2n) is 6.15. The standard InChI is InChI=1S/C19H24N2O2/c1-20(2)16-10-8-14(9-11-16)12-18(19(22)23)15-6-5-7-17(13-15)21(3)4/h5-11,13,18H,12H2,1-4H3,(H,22,23). The smallest absolute Gasteiger partial charge is 0.311 e. The molecule has 2 aromatic rings. The minimum absolute atomic E-state index is 0.486. The van der Waals surface area contributed by atoms with Crippen molar-refractivity contribution < 1.29 is 9.90 Å². The lowest BCUT2D eigenvalue weighted by Crippen LogP contribution is -2.16. The number of benzene rings is 2. The fraction of sp³-hybridized carbons (Fsp3) is 0.316. The van der Waals surface area contributed by atoms with Crippen LogP contribution in [0.2, 0.25) is 0 Å². The summed E-state index contributed by atoms with van der Waals surface area (Å²) in [6, 6.07) is 15.8. The largest absolute Gasteiger partial charge is 0.481 e. The van der Waals surface area contributed by atoms with Crippen LogP contribution in [0.25, 0.3) is 0 Å². The van der Waals surface area contributed by atoms with Gasteiger partial charge in [-0.25, -0.2) is 0 Å². The molecule has 4 nitrogen and oxygen atoms in total. The highest BCUT2D eigenvalue weighted by atomic mass is 16.4. The number of hydrogen-bond donors (Lipinski definition) is 1. The number of carboxylic acid groups (broad SMARTS) is 1. The lowest BCUT2D eigenvalue weighted by Gasteiger charge is -2.18. The van der Waals surface area contributed by atoms with Gasteiger partial charge in [-0.3, -0.25) is 4.79 Å². The van der Waals surface area contributed by atoms with Gasteiger partial charge in [0, 0.05) is 39.6 Å². The average molecular weight is 312 g/mol. The maximum absolute atomic E-state index is 11.7. The first-order chi connectivity index (χ1) is 10.9. The van der Waals surface area contributed by atoms with Crippen LogP contribution in [0.3, 0.4) is 0 Å². The monoisotopic (exact) mass is 312 g/mol. The van der Waals surface area contributed by atoms with Crippen molar-refractivity contribution in [2.24, 2.45) is 0 Å². The van der Waals surface area contributed by atoms with E-state index in [1.807, 2.05) is 86.5 Å². The number of nitrogens with zero attached hydrogens (tertiary/aromatic N) is 2. The Morgan fingerprint density at radius 1 is 0.957 bits per heavy atom. The van der Waals surface area contributed by atoms with Gasteiger partial charge in [0.2, 0.25) is 0 Å². The lowest BCUT2D eigenvalue weighted by atomic mass is 9.91. The fourth-order valence-electron chi connectivity index (χ4n) is 2.53. The molecule has 0 aliphatic heterocycles. The predicted octanol–water partition coefficient (Wildman–Crippen LogP) is 3.23. The van der Waals surface area contributed by atoms with Crippen LogP contribution in [-0.4, -0.2) is 39.3 Å². The highest BCUT2D eigenvalue weighted by Crippen LogP contribution is 2.25. The van der Waals surface area contributed by atoms with E-state index in [2.05, 4.69) is 0 Å². The van der Waals surface area contributed by atoms with Gasteiger partial charge in [-0.05, 0) is 41.8 Å². The van der Waals surface area contributed by atoms with Gasteiger partial charge in [-0.2, -0.15) is 0 Å². The first kappa shape index (κ1) is 16.9. The zero-order valence-electron chi connectivity index (χ0n) is 14.2. The molecule has 23 heavy (non-hydrogen) atoms. The number of carboxylic acids is 1. The van der Waals surface area contributed by atoms with Crippen LogP contribution in [-0.2, 0) is 11.2 Å². The Morgan fingerprint density at radius 2 is 1.57 bits per heavy atom. The molecule has 0 amide bonds. The van der Waals surface area contributed by atoms with Crippen molar-refractivity contribution >= 4 is 17.3 Å². The van der Waals surface area contributed by atoms with Gasteiger partial charge < -0.3 is 14.9 Å². The molecule has 2 rings (SSSR count). The number of hydrogen-bond acceptors (Lipinski definition) is 3. The molecule has 0 radical (unpaired) electrons. The molecule has 0 saturated carbocycles. The van der Waals surface area contributed by atoms with Gasteiger partial charge >= 0.3 is 5.97 Å². The average Bonchev–Trinajstić information content (AvgIpc) is 2.52. The molecular weight excluding hydrogens is 288 g/mol. The van der Waals surface area contributed by atoms with Crippen LogP contribution >= 0.6 is 0 Å². The van der Waals surface area contributed by atoms with Crippen molar-refractivity contribution in [2.75, 3.05) is 38.0 Å². The molecule has 1 atom stereocenters. The Hall–Kier alpha value is -2.49. The van der Waals surface area contributed by atoms with Crippen molar-refractivity contribution in [3.63, 3.8) is 0 Å². The van der Waals surface area contributed by atoms with Crippen LogP contribution in [0.15, 0.2) is 48.5 Å². The van der Waals surface area contributed by atoms with Crippen LogP contribution in [0.1, 0.15) is 17.0 Å². The SMILES string of the molecule is CN(C)c1ccc(CC(C(=O)O)c2cccc(N(C)C)c2)cc1. The summed E-state index contributed by atoms with van der Waals surface area (Å²) >= 11 is 0. The minimum atomic E-state index is -0.794. The highest BCUT2D eigenvalue weighted by Gasteiger charge is 2.21. The van der Waals surface area contributed by atoms with Crippen LogP contribution in [0.5, 0.6) is 0 Å². The van der Waals surface area contributed by atoms with Crippen molar-refractivity contribution in [2.45, 2.75) is 12.3 Å². The van der Waals surface area contributed by atoms with Crippen molar-refractivity contribution in [3.05, 3.63) is 59.7 Å². The molecule has 1 unspecified atom stereocenters. The number of aliphatic carboxylic acids is 1. The first-order valence-corrected chi connectivity index (χ1v) is 7.65. The summed E-state index contributed by atoms with van der Waals surface area (Å²) < 4.78 is 0. The molecule has 0 saturated heterocycles. The zero-order chi connectivity index (χ0) is 17.0. The van der Waals surface area contributed by atoms with E-state index in [0.29, 0.717) is 6.42 Å². The van der Waals surface area contributed by atoms with Gasteiger partial charge in [0.25, 0.3) is 0 Å². The van der Waals surface area contributed by atoms with E-state index < -0.39 is 11.9 Å². The summed E-state index contributed by atoms with van der Waals surface area (Å²) in [4.78, 5) is 15.7. The van der Waals surface area contributed by atoms with Gasteiger partial charge in [-0.15, -0.1) is 0 Å². The van der Waals surface area contributed by atoms with Crippen molar-refractivity contribution in [1.29, 1.82) is 0 Å². The van der Waals surface area contributed by atoms with Crippen LogP contribution in [0.4, 0.5) is 11.4 Å². The molecule has 0 aliphatic rings. The first-order valence-electron chi connectivity index (χ1n) is 7.65. The van der Waals surface area contributed by atoms with Gasteiger partial charge in [0.05, 0.1) is 5.92 Å². The number of rotatable bonds is 6. The lowest BCUT2D eigenvalue weighted by molar-refractivity contribution is -0.138. The minimum Gasteiger partial charge on any atom is -0.481 e. The van der Waals surface area contributed by atoms with E-state index in [4.69, 9.17) is 0 Å². The molecule has 0 aromatic heterocycles. The molecule has 0 bridgehead atoms. The number of anilines is 2. The van der Waals surface area contributed by atoms with E-state index in [9.17, 15) is 9.90 Å². The molecule has 0 aliphatic carbocycles. The summed E-state index contributed by atoms with van der Waals surface area (Å²) in [5.41, 5.74) is 3.98. The van der Waals surface area contributed by atoms with E-state index in [-0.39, 0.29) is 0 Å². The van der Waals surface area contributed by atoms with E-state index in [0.717, 1.165) is 22.5 Å². The van der Waals surface area contributed by atoms with Crippen molar-refractivity contribution in [1.82, 2.24) is 0 Å². The van der Waals surface area contributed by atoms with E-state index >= 15 is 0 Å². The number of carbonyl (C=O) groups is 1. The maximum Gasteiger partial charge on any atom is 0.311 e. The molecular formula is C19H24N2O2. The molecule has 0 spiro atoms. The normalized spacial score (nSPS) is 11.8. The maximum atomic E-state index is 11.7. The Balaban J connectivity index is 2.25. The Kier molecular flexibility index (Phi) is 5.27. The molecule has 2 aromatic carbocycles. The molecule has 0 heterocycles. The molecule has 122 valence electrons. The van der Waals surface area contributed by atoms with Gasteiger partial charge in [0.15, 0.2) is 0 Å². The zero-order valence-corrected chi connectivity index (χ0v) is 14.2.